The van der Waals surface area contributed by atoms with E-state index >= 15 is 0 Å². The Bertz CT molecular complexity index is 586. The molecule has 6 nitrogen and oxygen atoms in total. The average Bonchev–Trinajstić information content (AvgIpc) is 2.90. The molecule has 1 aromatic carbocycles. The van der Waals surface area contributed by atoms with Crippen molar-refractivity contribution in [2.24, 2.45) is 0 Å². The summed E-state index contributed by atoms with van der Waals surface area (Å²) in [5.41, 5.74) is 1.44. The highest BCUT2D eigenvalue weighted by Crippen LogP contribution is 2.18. The highest BCUT2D eigenvalue weighted by Gasteiger charge is 2.21. The highest BCUT2D eigenvalue weighted by atomic mass is 35.5. The van der Waals surface area contributed by atoms with Crippen LogP contribution in [0.1, 0.15) is 48.9 Å². The number of rotatable bonds is 6. The first-order valence-electron chi connectivity index (χ1n) is 9.41. The minimum atomic E-state index is -0.0817. The van der Waals surface area contributed by atoms with Gasteiger partial charge in [-0.3, -0.25) is 9.69 Å². The van der Waals surface area contributed by atoms with Crippen LogP contribution in [0.15, 0.2) is 24.3 Å². The molecule has 3 rings (SSSR count). The Kier molecular flexibility index (Phi) is 8.19. The van der Waals surface area contributed by atoms with Crippen LogP contribution in [-0.4, -0.2) is 44.2 Å². The molecule has 1 aliphatic carbocycles. The molecule has 7 heteroatoms. The molecule has 1 aromatic rings. The van der Waals surface area contributed by atoms with Gasteiger partial charge < -0.3 is 16.0 Å². The molecule has 0 radical (unpaired) electrons. The van der Waals surface area contributed by atoms with Gasteiger partial charge in [0.1, 0.15) is 0 Å². The number of urea groups is 1. The van der Waals surface area contributed by atoms with Crippen molar-refractivity contribution in [2.75, 3.05) is 31.1 Å². The number of amides is 3. The molecule has 3 amide bonds. The van der Waals surface area contributed by atoms with Gasteiger partial charge in [0.2, 0.25) is 0 Å². The van der Waals surface area contributed by atoms with E-state index in [2.05, 4.69) is 16.0 Å². The number of nitrogens with zero attached hydrogens (tertiary/aromatic N) is 1. The average molecular weight is 381 g/mol. The molecule has 0 atom stereocenters. The van der Waals surface area contributed by atoms with Gasteiger partial charge in [-0.05, 0) is 37.1 Å². The van der Waals surface area contributed by atoms with Crippen LogP contribution in [0, 0.1) is 0 Å². The molecular weight excluding hydrogens is 352 g/mol. The van der Waals surface area contributed by atoms with Crippen LogP contribution in [0.3, 0.4) is 0 Å². The molecule has 0 spiro atoms. The second kappa shape index (κ2) is 10.4. The number of benzene rings is 1. The van der Waals surface area contributed by atoms with Crippen molar-refractivity contribution in [1.29, 1.82) is 0 Å². The number of anilines is 1. The smallest absolute Gasteiger partial charge is 0.321 e. The molecule has 1 aliphatic heterocycles. The normalized spacial score (nSPS) is 18.0. The van der Waals surface area contributed by atoms with E-state index in [9.17, 15) is 9.59 Å². The Labute approximate surface area is 161 Å². The van der Waals surface area contributed by atoms with Crippen molar-refractivity contribution < 1.29 is 9.59 Å². The third-order valence-corrected chi connectivity index (χ3v) is 5.00. The maximum atomic E-state index is 12.2. The lowest BCUT2D eigenvalue weighted by atomic mass is 10.1. The van der Waals surface area contributed by atoms with Crippen LogP contribution < -0.4 is 20.9 Å². The van der Waals surface area contributed by atoms with E-state index in [1.165, 1.54) is 38.5 Å². The largest absolute Gasteiger partial charge is 0.351 e. The molecule has 1 saturated heterocycles. The Morgan fingerprint density at radius 2 is 1.77 bits per heavy atom. The molecule has 144 valence electrons. The molecule has 2 aliphatic rings. The summed E-state index contributed by atoms with van der Waals surface area (Å²) in [6, 6.07) is 7.71. The molecular formula is C19H29ClN4O2. The third kappa shape index (κ3) is 5.61. The molecule has 3 N–H and O–H groups in total. The lowest BCUT2D eigenvalue weighted by Crippen LogP contribution is -2.36. The van der Waals surface area contributed by atoms with E-state index in [-0.39, 0.29) is 24.3 Å². The van der Waals surface area contributed by atoms with Crippen molar-refractivity contribution >= 4 is 30.0 Å². The minimum absolute atomic E-state index is 0. The predicted octanol–water partition coefficient (Wildman–Crippen LogP) is 2.68. The zero-order valence-corrected chi connectivity index (χ0v) is 15.9. The van der Waals surface area contributed by atoms with Crippen LogP contribution in [0.4, 0.5) is 10.5 Å². The highest BCUT2D eigenvalue weighted by molar-refractivity contribution is 5.96. The molecule has 2 fully saturated rings. The topological polar surface area (TPSA) is 73.5 Å². The van der Waals surface area contributed by atoms with E-state index < -0.39 is 0 Å². The summed E-state index contributed by atoms with van der Waals surface area (Å²) in [7, 11) is 0. The van der Waals surface area contributed by atoms with Crippen LogP contribution in [0.25, 0.3) is 0 Å². The fraction of sp³-hybridized carbons (Fsp3) is 0.579. The number of nitrogens with one attached hydrogen (secondary N) is 3. The van der Waals surface area contributed by atoms with Gasteiger partial charge in [-0.25, -0.2) is 4.79 Å². The van der Waals surface area contributed by atoms with Gasteiger partial charge in [0, 0.05) is 43.5 Å². The summed E-state index contributed by atoms with van der Waals surface area (Å²) in [4.78, 5) is 25.5. The molecule has 1 heterocycles. The first kappa shape index (κ1) is 20.5. The molecule has 0 bridgehead atoms. The zero-order chi connectivity index (χ0) is 17.5. The molecule has 0 unspecified atom stereocenters. The van der Waals surface area contributed by atoms with E-state index in [0.29, 0.717) is 31.2 Å². The lowest BCUT2D eigenvalue weighted by Gasteiger charge is -2.16. The molecule has 0 aromatic heterocycles. The van der Waals surface area contributed by atoms with Crippen LogP contribution in [0.2, 0.25) is 0 Å². The van der Waals surface area contributed by atoms with Crippen LogP contribution in [-0.2, 0) is 0 Å². The van der Waals surface area contributed by atoms with Crippen molar-refractivity contribution in [3.8, 4) is 0 Å². The van der Waals surface area contributed by atoms with Gasteiger partial charge in [0.05, 0.1) is 0 Å². The van der Waals surface area contributed by atoms with E-state index in [1.54, 1.807) is 17.0 Å². The number of hydrogen-bond donors (Lipinski definition) is 3. The second-order valence-corrected chi connectivity index (χ2v) is 6.83. The fourth-order valence-electron chi connectivity index (χ4n) is 3.55. The first-order valence-corrected chi connectivity index (χ1v) is 9.41. The summed E-state index contributed by atoms with van der Waals surface area (Å²) in [5, 5.41) is 9.28. The monoisotopic (exact) mass is 380 g/mol. The molecule has 26 heavy (non-hydrogen) atoms. The standard InChI is InChI=1S/C19H28N4O2.ClH/c24-18(21-12-11-20-16-5-3-1-2-4-6-16)15-7-9-17(10-8-15)23-14-13-22-19(23)25;/h7-10,16,20H,1-6,11-14H2,(H,21,24)(H,22,25);1H. The van der Waals surface area contributed by atoms with Gasteiger partial charge in [0.15, 0.2) is 0 Å². The fourth-order valence-corrected chi connectivity index (χ4v) is 3.55. The summed E-state index contributed by atoms with van der Waals surface area (Å²) < 4.78 is 0. The van der Waals surface area contributed by atoms with E-state index in [1.807, 2.05) is 12.1 Å². The number of hydrogen-bond acceptors (Lipinski definition) is 3. The van der Waals surface area contributed by atoms with Crippen molar-refractivity contribution in [1.82, 2.24) is 16.0 Å². The summed E-state index contributed by atoms with van der Waals surface area (Å²) in [5.74, 6) is -0.0694. The lowest BCUT2D eigenvalue weighted by molar-refractivity contribution is 0.0953. The van der Waals surface area contributed by atoms with Crippen molar-refractivity contribution in [3.05, 3.63) is 29.8 Å². The summed E-state index contributed by atoms with van der Waals surface area (Å²) in [6.45, 7) is 2.76. The van der Waals surface area contributed by atoms with Gasteiger partial charge >= 0.3 is 6.03 Å². The SMILES string of the molecule is Cl.O=C(NCCNC1CCCCCC1)c1ccc(N2CCNC2=O)cc1. The van der Waals surface area contributed by atoms with E-state index in [0.717, 1.165) is 12.2 Å². The van der Waals surface area contributed by atoms with Crippen LogP contribution >= 0.6 is 12.4 Å². The van der Waals surface area contributed by atoms with Gasteiger partial charge in [-0.1, -0.05) is 25.7 Å². The Hall–Kier alpha value is -1.79. The summed E-state index contributed by atoms with van der Waals surface area (Å²) in [6.07, 6.45) is 7.82. The Morgan fingerprint density at radius 1 is 1.08 bits per heavy atom. The molecule has 1 saturated carbocycles. The van der Waals surface area contributed by atoms with Crippen LogP contribution in [0.5, 0.6) is 0 Å². The van der Waals surface area contributed by atoms with Crippen molar-refractivity contribution in [2.45, 2.75) is 44.6 Å². The van der Waals surface area contributed by atoms with Gasteiger partial charge in [0.25, 0.3) is 5.91 Å². The predicted molar refractivity (Wildman–Crippen MR) is 106 cm³/mol. The van der Waals surface area contributed by atoms with Crippen molar-refractivity contribution in [3.63, 3.8) is 0 Å². The number of halogens is 1. The number of carbonyl (C=O) groups is 2. The third-order valence-electron chi connectivity index (χ3n) is 5.00. The van der Waals surface area contributed by atoms with Gasteiger partial charge in [-0.2, -0.15) is 0 Å². The maximum absolute atomic E-state index is 12.2. The van der Waals surface area contributed by atoms with Gasteiger partial charge in [-0.15, -0.1) is 12.4 Å². The zero-order valence-electron chi connectivity index (χ0n) is 15.1. The number of carbonyl (C=O) groups excluding carboxylic acids is 2. The second-order valence-electron chi connectivity index (χ2n) is 6.83. The first-order chi connectivity index (χ1) is 12.2. The summed E-state index contributed by atoms with van der Waals surface area (Å²) >= 11 is 0. The Morgan fingerprint density at radius 3 is 2.38 bits per heavy atom. The minimum Gasteiger partial charge on any atom is -0.351 e. The van der Waals surface area contributed by atoms with E-state index in [4.69, 9.17) is 0 Å². The Balaban J connectivity index is 0.00000243. The quantitative estimate of drug-likeness (QED) is 0.524. The maximum Gasteiger partial charge on any atom is 0.321 e.